The van der Waals surface area contributed by atoms with Gasteiger partial charge in [0.25, 0.3) is 0 Å². The minimum absolute atomic E-state index is 0.159. The second-order valence-electron chi connectivity index (χ2n) is 2.61. The van der Waals surface area contributed by atoms with Crippen molar-refractivity contribution in [1.82, 2.24) is 4.98 Å². The number of hydrogen-bond acceptors (Lipinski definition) is 2. The molecule has 3 nitrogen and oxygen atoms in total. The Kier molecular flexibility index (Phi) is 1.37. The first-order valence-electron chi connectivity index (χ1n) is 3.57. The highest BCUT2D eigenvalue weighted by Gasteiger charge is 1.94. The molecule has 0 aliphatic rings. The molecule has 1 aromatic heterocycles. The van der Waals surface area contributed by atoms with E-state index in [9.17, 15) is 4.79 Å². The van der Waals surface area contributed by atoms with Crippen molar-refractivity contribution < 1.29 is 5.11 Å². The van der Waals surface area contributed by atoms with Crippen LogP contribution < -0.4 is 5.56 Å². The predicted octanol–water partition coefficient (Wildman–Crippen LogP) is 1.23. The minimum atomic E-state index is -0.159. The quantitative estimate of drug-likeness (QED) is 0.610. The van der Waals surface area contributed by atoms with Crippen LogP contribution >= 0.6 is 0 Å². The summed E-state index contributed by atoms with van der Waals surface area (Å²) < 4.78 is 0. The average molecular weight is 161 g/mol. The molecule has 2 aromatic rings. The number of nitrogens with one attached hydrogen (secondary N) is 1. The lowest BCUT2D eigenvalue weighted by molar-refractivity contribution is 0.476. The van der Waals surface area contributed by atoms with Crippen molar-refractivity contribution in [3.8, 4) is 5.75 Å². The van der Waals surface area contributed by atoms with Crippen LogP contribution in [0.3, 0.4) is 0 Å². The van der Waals surface area contributed by atoms with Gasteiger partial charge in [0, 0.05) is 12.3 Å². The van der Waals surface area contributed by atoms with Gasteiger partial charge >= 0.3 is 0 Å². The van der Waals surface area contributed by atoms with E-state index in [-0.39, 0.29) is 11.3 Å². The number of aromatic hydroxyl groups is 1. The predicted molar refractivity (Wildman–Crippen MR) is 46.2 cm³/mol. The highest BCUT2D eigenvalue weighted by atomic mass is 16.3. The largest absolute Gasteiger partial charge is 0.508 e. The summed E-state index contributed by atoms with van der Waals surface area (Å²) in [4.78, 5) is 13.4. The summed E-state index contributed by atoms with van der Waals surface area (Å²) in [7, 11) is 0. The summed E-state index contributed by atoms with van der Waals surface area (Å²) in [5, 5.41) is 10.8. The van der Waals surface area contributed by atoms with Crippen LogP contribution in [0.2, 0.25) is 0 Å². The highest BCUT2D eigenvalue weighted by molar-refractivity contribution is 5.82. The summed E-state index contributed by atoms with van der Waals surface area (Å²) in [6.07, 6.45) is 1.62. The standard InChI is InChI=1S/C9H7NO2/c11-8-2-1-6-5-10-9(12)4-7(6)3-8/h1-5,11H,(H,10,12). The molecule has 1 aromatic carbocycles. The van der Waals surface area contributed by atoms with Crippen LogP contribution in [0, 0.1) is 0 Å². The number of hydrogen-bond donors (Lipinski definition) is 2. The third-order valence-electron chi connectivity index (χ3n) is 1.73. The zero-order valence-corrected chi connectivity index (χ0v) is 6.24. The number of aromatic nitrogens is 1. The average Bonchev–Trinajstić information content (AvgIpc) is 2.03. The van der Waals surface area contributed by atoms with Crippen molar-refractivity contribution in [2.45, 2.75) is 0 Å². The molecule has 0 aliphatic carbocycles. The van der Waals surface area contributed by atoms with Crippen LogP contribution in [0.1, 0.15) is 0 Å². The Labute approximate surface area is 68.3 Å². The number of aromatic amines is 1. The number of pyridine rings is 1. The molecule has 3 heteroatoms. The molecule has 2 rings (SSSR count). The van der Waals surface area contributed by atoms with E-state index in [1.54, 1.807) is 24.4 Å². The van der Waals surface area contributed by atoms with Gasteiger partial charge in [-0.3, -0.25) is 4.79 Å². The fourth-order valence-electron chi connectivity index (χ4n) is 1.15. The number of fused-ring (bicyclic) bond motifs is 1. The zero-order chi connectivity index (χ0) is 8.55. The van der Waals surface area contributed by atoms with Crippen molar-refractivity contribution in [2.24, 2.45) is 0 Å². The molecule has 0 bridgehead atoms. The van der Waals surface area contributed by atoms with Crippen molar-refractivity contribution in [2.75, 3.05) is 0 Å². The van der Waals surface area contributed by atoms with E-state index in [1.165, 1.54) is 6.07 Å². The smallest absolute Gasteiger partial charge is 0.248 e. The SMILES string of the molecule is O=c1cc2cc(O)ccc2c[nH]1. The van der Waals surface area contributed by atoms with E-state index in [4.69, 9.17) is 5.11 Å². The van der Waals surface area contributed by atoms with Gasteiger partial charge in [-0.2, -0.15) is 0 Å². The van der Waals surface area contributed by atoms with Gasteiger partial charge in [0.05, 0.1) is 0 Å². The Bertz CT molecular complexity index is 473. The summed E-state index contributed by atoms with van der Waals surface area (Å²) in [6.45, 7) is 0. The molecule has 0 aliphatic heterocycles. The molecule has 0 saturated heterocycles. The van der Waals surface area contributed by atoms with Gasteiger partial charge in [-0.05, 0) is 29.0 Å². The first-order chi connectivity index (χ1) is 5.75. The molecule has 1 heterocycles. The van der Waals surface area contributed by atoms with Crippen molar-refractivity contribution >= 4 is 10.8 Å². The number of H-pyrrole nitrogens is 1. The second-order valence-corrected chi connectivity index (χ2v) is 2.61. The molecule has 0 unspecified atom stereocenters. The molecule has 60 valence electrons. The molecular formula is C9H7NO2. The summed E-state index contributed by atoms with van der Waals surface area (Å²) in [5.41, 5.74) is -0.159. The van der Waals surface area contributed by atoms with Crippen LogP contribution in [0.4, 0.5) is 0 Å². The first-order valence-corrected chi connectivity index (χ1v) is 3.57. The summed E-state index contributed by atoms with van der Waals surface area (Å²) >= 11 is 0. The van der Waals surface area contributed by atoms with Crippen LogP contribution in [-0.4, -0.2) is 10.1 Å². The first kappa shape index (κ1) is 6.91. The Hall–Kier alpha value is -1.77. The van der Waals surface area contributed by atoms with E-state index in [2.05, 4.69) is 4.98 Å². The maximum Gasteiger partial charge on any atom is 0.248 e. The molecule has 2 N–H and O–H groups in total. The number of phenolic OH excluding ortho intramolecular Hbond substituents is 1. The van der Waals surface area contributed by atoms with E-state index < -0.39 is 0 Å². The lowest BCUT2D eigenvalue weighted by Crippen LogP contribution is -2.01. The van der Waals surface area contributed by atoms with Gasteiger partial charge < -0.3 is 10.1 Å². The number of phenols is 1. The minimum Gasteiger partial charge on any atom is -0.508 e. The van der Waals surface area contributed by atoms with Gasteiger partial charge in [0.15, 0.2) is 0 Å². The molecule has 0 fully saturated rings. The van der Waals surface area contributed by atoms with Crippen LogP contribution in [0.15, 0.2) is 35.3 Å². The van der Waals surface area contributed by atoms with Crippen LogP contribution in [0.5, 0.6) is 5.75 Å². The molecule has 0 atom stereocenters. The third kappa shape index (κ3) is 1.05. The monoisotopic (exact) mass is 161 g/mol. The summed E-state index contributed by atoms with van der Waals surface area (Å²) in [5.74, 6) is 0.174. The fraction of sp³-hybridized carbons (Fsp3) is 0. The molecular weight excluding hydrogens is 154 g/mol. The van der Waals surface area contributed by atoms with Crippen LogP contribution in [0.25, 0.3) is 10.8 Å². The van der Waals surface area contributed by atoms with E-state index in [0.29, 0.717) is 0 Å². The van der Waals surface area contributed by atoms with E-state index in [1.807, 2.05) is 0 Å². The van der Waals surface area contributed by atoms with Crippen LogP contribution in [-0.2, 0) is 0 Å². The van der Waals surface area contributed by atoms with E-state index in [0.717, 1.165) is 10.8 Å². The molecule has 0 radical (unpaired) electrons. The lowest BCUT2D eigenvalue weighted by atomic mass is 10.2. The third-order valence-corrected chi connectivity index (χ3v) is 1.73. The van der Waals surface area contributed by atoms with Crippen molar-refractivity contribution in [3.63, 3.8) is 0 Å². The zero-order valence-electron chi connectivity index (χ0n) is 6.24. The van der Waals surface area contributed by atoms with Gasteiger partial charge in [-0.15, -0.1) is 0 Å². The maximum atomic E-state index is 10.9. The highest BCUT2D eigenvalue weighted by Crippen LogP contribution is 2.16. The number of rotatable bonds is 0. The fourth-order valence-corrected chi connectivity index (χ4v) is 1.15. The van der Waals surface area contributed by atoms with Gasteiger partial charge in [0.2, 0.25) is 5.56 Å². The molecule has 0 saturated carbocycles. The van der Waals surface area contributed by atoms with Crippen molar-refractivity contribution in [3.05, 3.63) is 40.8 Å². The second kappa shape index (κ2) is 2.37. The number of benzene rings is 1. The van der Waals surface area contributed by atoms with Gasteiger partial charge in [-0.25, -0.2) is 0 Å². The molecule has 12 heavy (non-hydrogen) atoms. The van der Waals surface area contributed by atoms with Gasteiger partial charge in [0.1, 0.15) is 5.75 Å². The topological polar surface area (TPSA) is 53.1 Å². The van der Waals surface area contributed by atoms with E-state index >= 15 is 0 Å². The lowest BCUT2D eigenvalue weighted by Gasteiger charge is -1.95. The Balaban J connectivity index is 2.89. The normalized spacial score (nSPS) is 10.3. The maximum absolute atomic E-state index is 10.9. The Morgan fingerprint density at radius 3 is 2.83 bits per heavy atom. The van der Waals surface area contributed by atoms with Gasteiger partial charge in [-0.1, -0.05) is 0 Å². The van der Waals surface area contributed by atoms with Crippen molar-refractivity contribution in [1.29, 1.82) is 0 Å². The Morgan fingerprint density at radius 2 is 2.00 bits per heavy atom. The molecule has 0 amide bonds. The molecule has 0 spiro atoms. The summed E-state index contributed by atoms with van der Waals surface area (Å²) in [6, 6.07) is 6.35. The Morgan fingerprint density at radius 1 is 1.17 bits per heavy atom.